The van der Waals surface area contributed by atoms with Crippen molar-refractivity contribution in [3.05, 3.63) is 22.8 Å². The van der Waals surface area contributed by atoms with E-state index in [1.54, 1.807) is 7.11 Å². The lowest BCUT2D eigenvalue weighted by Gasteiger charge is -2.29. The van der Waals surface area contributed by atoms with Crippen LogP contribution < -0.4 is 4.90 Å². The van der Waals surface area contributed by atoms with Gasteiger partial charge in [0.15, 0.2) is 0 Å². The Balaban J connectivity index is 2.78. The van der Waals surface area contributed by atoms with E-state index < -0.39 is 0 Å². The maximum absolute atomic E-state index is 5.13. The lowest BCUT2D eigenvalue weighted by molar-refractivity contribution is 0.203. The molecular formula is C12H19BrN2O. The summed E-state index contributed by atoms with van der Waals surface area (Å²) in [5.74, 6) is 1.01. The molecule has 0 bridgehead atoms. The van der Waals surface area contributed by atoms with Crippen molar-refractivity contribution in [2.24, 2.45) is 0 Å². The first-order valence-corrected chi connectivity index (χ1v) is 6.35. The molecule has 0 N–H and O–H groups in total. The number of hydrogen-bond donors (Lipinski definition) is 0. The van der Waals surface area contributed by atoms with Crippen LogP contribution in [0.3, 0.4) is 0 Å². The largest absolute Gasteiger partial charge is 0.383 e. The Morgan fingerprint density at radius 1 is 1.50 bits per heavy atom. The Morgan fingerprint density at radius 3 is 2.75 bits per heavy atom. The number of nitrogens with zero attached hydrogens (tertiary/aromatic N) is 2. The summed E-state index contributed by atoms with van der Waals surface area (Å²) in [7, 11) is 1.73. The predicted molar refractivity (Wildman–Crippen MR) is 70.9 cm³/mol. The highest BCUT2D eigenvalue weighted by atomic mass is 79.9. The van der Waals surface area contributed by atoms with E-state index in [1.807, 2.05) is 18.3 Å². The minimum Gasteiger partial charge on any atom is -0.383 e. The van der Waals surface area contributed by atoms with Crippen LogP contribution in [0, 0.1) is 0 Å². The molecule has 0 radical (unpaired) electrons. The maximum Gasteiger partial charge on any atom is 0.128 e. The zero-order valence-electron chi connectivity index (χ0n) is 10.1. The summed E-state index contributed by atoms with van der Waals surface area (Å²) < 4.78 is 6.14. The summed E-state index contributed by atoms with van der Waals surface area (Å²) in [6.45, 7) is 5.99. The van der Waals surface area contributed by atoms with E-state index in [4.69, 9.17) is 4.74 Å². The van der Waals surface area contributed by atoms with Gasteiger partial charge >= 0.3 is 0 Å². The molecule has 0 aromatic carbocycles. The Kier molecular flexibility index (Phi) is 5.77. The molecule has 1 rings (SSSR count). The molecule has 0 spiro atoms. The molecule has 0 aliphatic rings. The van der Waals surface area contributed by atoms with Crippen LogP contribution in [0.25, 0.3) is 0 Å². The summed E-state index contributed by atoms with van der Waals surface area (Å²) in [5, 5.41) is 0. The lowest BCUT2D eigenvalue weighted by atomic mass is 10.2. The van der Waals surface area contributed by atoms with E-state index in [2.05, 4.69) is 39.7 Å². The van der Waals surface area contributed by atoms with Crippen molar-refractivity contribution >= 4 is 21.7 Å². The molecule has 1 aromatic rings. The van der Waals surface area contributed by atoms with Gasteiger partial charge in [-0.25, -0.2) is 4.98 Å². The topological polar surface area (TPSA) is 25.4 Å². The van der Waals surface area contributed by atoms with Gasteiger partial charge < -0.3 is 9.64 Å². The number of pyridine rings is 1. The summed E-state index contributed by atoms with van der Waals surface area (Å²) in [5.41, 5.74) is 0. The summed E-state index contributed by atoms with van der Waals surface area (Å²) in [4.78, 5) is 6.70. The predicted octanol–water partition coefficient (Wildman–Crippen LogP) is 3.10. The highest BCUT2D eigenvalue weighted by molar-refractivity contribution is 9.10. The molecule has 0 saturated heterocycles. The Labute approximate surface area is 106 Å². The Bertz CT molecular complexity index is 302. The Morgan fingerprint density at radius 2 is 2.25 bits per heavy atom. The van der Waals surface area contributed by atoms with Crippen molar-refractivity contribution in [2.45, 2.75) is 26.3 Å². The van der Waals surface area contributed by atoms with Crippen molar-refractivity contribution in [1.29, 1.82) is 0 Å². The molecule has 0 amide bonds. The zero-order chi connectivity index (χ0) is 12.0. The summed E-state index contributed by atoms with van der Waals surface area (Å²) >= 11 is 3.40. The lowest BCUT2D eigenvalue weighted by Crippen LogP contribution is -2.36. The van der Waals surface area contributed by atoms with Crippen LogP contribution in [-0.4, -0.2) is 31.3 Å². The molecule has 90 valence electrons. The smallest absolute Gasteiger partial charge is 0.128 e. The van der Waals surface area contributed by atoms with Crippen LogP contribution in [0.15, 0.2) is 22.8 Å². The molecule has 0 saturated carbocycles. The van der Waals surface area contributed by atoms with Gasteiger partial charge in [0.2, 0.25) is 0 Å². The maximum atomic E-state index is 5.13. The van der Waals surface area contributed by atoms with Crippen LogP contribution in [0.2, 0.25) is 0 Å². The quantitative estimate of drug-likeness (QED) is 0.804. The van der Waals surface area contributed by atoms with Gasteiger partial charge in [-0.3, -0.25) is 0 Å². The average Bonchev–Trinajstić information content (AvgIpc) is 2.31. The van der Waals surface area contributed by atoms with Crippen LogP contribution in [0.5, 0.6) is 0 Å². The van der Waals surface area contributed by atoms with Gasteiger partial charge in [-0.15, -0.1) is 0 Å². The molecule has 0 aliphatic heterocycles. The third-order valence-corrected chi connectivity index (χ3v) is 3.13. The first kappa shape index (κ1) is 13.5. The van der Waals surface area contributed by atoms with Gasteiger partial charge in [0.25, 0.3) is 0 Å². The number of methoxy groups -OCH3 is 1. The van der Waals surface area contributed by atoms with E-state index in [1.165, 1.54) is 0 Å². The number of anilines is 1. The highest BCUT2D eigenvalue weighted by Gasteiger charge is 2.13. The number of aromatic nitrogens is 1. The zero-order valence-corrected chi connectivity index (χ0v) is 11.7. The number of rotatable bonds is 6. The molecule has 16 heavy (non-hydrogen) atoms. The van der Waals surface area contributed by atoms with Crippen molar-refractivity contribution in [2.75, 3.05) is 25.2 Å². The van der Waals surface area contributed by atoms with E-state index in [9.17, 15) is 0 Å². The Hall–Kier alpha value is -0.610. The van der Waals surface area contributed by atoms with Crippen molar-refractivity contribution in [1.82, 2.24) is 4.98 Å². The number of halogens is 1. The van der Waals surface area contributed by atoms with Crippen LogP contribution >= 0.6 is 15.9 Å². The molecule has 0 aliphatic carbocycles. The second-order valence-corrected chi connectivity index (χ2v) is 4.69. The first-order chi connectivity index (χ1) is 7.69. The number of hydrogen-bond acceptors (Lipinski definition) is 3. The molecule has 1 aromatic heterocycles. The first-order valence-electron chi connectivity index (χ1n) is 5.56. The third kappa shape index (κ3) is 3.76. The van der Waals surface area contributed by atoms with Crippen molar-refractivity contribution in [3.8, 4) is 0 Å². The van der Waals surface area contributed by atoms with Crippen molar-refractivity contribution in [3.63, 3.8) is 0 Å². The van der Waals surface area contributed by atoms with Gasteiger partial charge in [0.05, 0.1) is 6.61 Å². The van der Waals surface area contributed by atoms with E-state index in [0.717, 1.165) is 29.9 Å². The van der Waals surface area contributed by atoms with Gasteiger partial charge in [-0.2, -0.15) is 0 Å². The normalized spacial score (nSPS) is 12.5. The second kappa shape index (κ2) is 6.86. The summed E-state index contributed by atoms with van der Waals surface area (Å²) in [6, 6.07) is 4.53. The second-order valence-electron chi connectivity index (χ2n) is 3.78. The molecule has 1 heterocycles. The van der Waals surface area contributed by atoms with Crippen LogP contribution in [-0.2, 0) is 4.74 Å². The molecule has 3 nitrogen and oxygen atoms in total. The van der Waals surface area contributed by atoms with Gasteiger partial charge in [0.1, 0.15) is 5.82 Å². The van der Waals surface area contributed by atoms with E-state index in [0.29, 0.717) is 6.04 Å². The fraction of sp³-hybridized carbons (Fsp3) is 0.583. The van der Waals surface area contributed by atoms with Crippen LogP contribution in [0.4, 0.5) is 5.82 Å². The van der Waals surface area contributed by atoms with Gasteiger partial charge in [0, 0.05) is 30.4 Å². The third-order valence-electron chi connectivity index (χ3n) is 2.67. The van der Waals surface area contributed by atoms with E-state index in [-0.39, 0.29) is 0 Å². The monoisotopic (exact) mass is 286 g/mol. The van der Waals surface area contributed by atoms with Gasteiger partial charge in [-0.05, 0) is 41.4 Å². The summed E-state index contributed by atoms with van der Waals surface area (Å²) in [6.07, 6.45) is 2.93. The minimum absolute atomic E-state index is 0.476. The van der Waals surface area contributed by atoms with E-state index >= 15 is 0 Å². The SMILES string of the molecule is CCC(C)N(CCOC)c1ccc(Br)cn1. The fourth-order valence-electron chi connectivity index (χ4n) is 1.51. The standard InChI is InChI=1S/C12H19BrN2O/c1-4-10(2)15(7-8-16-3)12-6-5-11(13)9-14-12/h5-6,9-10H,4,7-8H2,1-3H3. The average molecular weight is 287 g/mol. The molecule has 1 atom stereocenters. The highest BCUT2D eigenvalue weighted by Crippen LogP contribution is 2.18. The molecule has 1 unspecified atom stereocenters. The van der Waals surface area contributed by atoms with Gasteiger partial charge in [-0.1, -0.05) is 6.92 Å². The minimum atomic E-state index is 0.476. The number of ether oxygens (including phenoxy) is 1. The van der Waals surface area contributed by atoms with Crippen molar-refractivity contribution < 1.29 is 4.74 Å². The van der Waals surface area contributed by atoms with Crippen LogP contribution in [0.1, 0.15) is 20.3 Å². The molecule has 4 heteroatoms. The molecule has 0 fully saturated rings. The fourth-order valence-corrected chi connectivity index (χ4v) is 1.74. The molecular weight excluding hydrogens is 268 g/mol.